The zero-order chi connectivity index (χ0) is 47.6. The third-order valence-electron chi connectivity index (χ3n) is 14.9. The highest BCUT2D eigenvalue weighted by Gasteiger charge is 2.55. The standard InChI is InChI=1S/C51H49N5O11S2/c1-2-51(37-22-40-42-32(21-31-6-3-4-9-38(31)53-42)26-56(40)45(59)36(37)27-66-47(51)61)67-49(63)65-15-17-69-68-16-14-64-48(62)54-39-11-10-35-41-33(39)7-5-8-34(41)43(57)55(44(35)58)13-12-52-46(60)50-23-28-18-29(24-50)20-30(19-28)25-50/h3-11,21-22,28-30H,2,12-20,23-27H2,1H3,(H,52,60)(H,54,62). The lowest BCUT2D eigenvalue weighted by Crippen LogP contribution is -2.54. The van der Waals surface area contributed by atoms with E-state index in [1.54, 1.807) is 47.9 Å². The first-order chi connectivity index (χ1) is 33.4. The highest BCUT2D eigenvalue weighted by Crippen LogP contribution is 2.60. The number of fused-ring (bicyclic) bond motifs is 5. The SMILES string of the molecule is CCC1(OC(=O)OCCSSCCOC(=O)Nc2ccc3c4c(cccc24)C(=O)N(CCNC(=O)C24CC5CC(CC(C5)C2)C4)C3=O)C(=O)OCc2c1cc1n(c2=O)Cc2cc3ccccc3nc2-1. The summed E-state index contributed by atoms with van der Waals surface area (Å²) in [4.78, 5) is 100. The molecule has 4 fully saturated rings. The van der Waals surface area contributed by atoms with Crippen molar-refractivity contribution < 1.29 is 47.7 Å². The zero-order valence-corrected chi connectivity index (χ0v) is 39.5. The first-order valence-electron chi connectivity index (χ1n) is 23.5. The Morgan fingerprint density at radius 3 is 2.30 bits per heavy atom. The predicted molar refractivity (Wildman–Crippen MR) is 258 cm³/mol. The summed E-state index contributed by atoms with van der Waals surface area (Å²) in [5, 5.41) is 7.73. The summed E-state index contributed by atoms with van der Waals surface area (Å²) < 4.78 is 23.6. The molecule has 4 aliphatic carbocycles. The van der Waals surface area contributed by atoms with Crippen LogP contribution in [0.4, 0.5) is 15.3 Å². The van der Waals surface area contributed by atoms with Gasteiger partial charge in [0.05, 0.1) is 34.7 Å². The largest absolute Gasteiger partial charge is 0.509 e. The first kappa shape index (κ1) is 45.1. The normalized spacial score (nSPS) is 23.6. The number of aromatic nitrogens is 2. The molecule has 18 heteroatoms. The van der Waals surface area contributed by atoms with Gasteiger partial charge in [-0.05, 0) is 99.1 Å². The fourth-order valence-corrected chi connectivity index (χ4v) is 13.8. The summed E-state index contributed by atoms with van der Waals surface area (Å²) >= 11 is 0. The lowest BCUT2D eigenvalue weighted by atomic mass is 9.49. The molecule has 7 aliphatic rings. The number of rotatable bonds is 14. The summed E-state index contributed by atoms with van der Waals surface area (Å²) in [5.74, 6) is 0.988. The molecule has 69 heavy (non-hydrogen) atoms. The van der Waals surface area contributed by atoms with Crippen LogP contribution < -0.4 is 16.2 Å². The fraction of sp³-hybridized carbons (Fsp3) is 0.412. The smallest absolute Gasteiger partial charge is 0.457 e. The van der Waals surface area contributed by atoms with E-state index >= 15 is 0 Å². The van der Waals surface area contributed by atoms with E-state index in [0.717, 1.165) is 35.7 Å². The molecule has 3 aromatic carbocycles. The minimum Gasteiger partial charge on any atom is -0.457 e. The summed E-state index contributed by atoms with van der Waals surface area (Å²) in [6.07, 6.45) is 4.69. The number of benzene rings is 3. The highest BCUT2D eigenvalue weighted by atomic mass is 33.1. The number of ether oxygens (including phenoxy) is 4. The lowest BCUT2D eigenvalue weighted by molar-refractivity contribution is -0.175. The van der Waals surface area contributed by atoms with E-state index in [4.69, 9.17) is 23.9 Å². The van der Waals surface area contributed by atoms with Gasteiger partial charge >= 0.3 is 18.2 Å². The van der Waals surface area contributed by atoms with Crippen LogP contribution in [0.1, 0.15) is 89.3 Å². The van der Waals surface area contributed by atoms with Gasteiger partial charge in [-0.15, -0.1) is 0 Å². The van der Waals surface area contributed by atoms with Crippen LogP contribution >= 0.6 is 21.6 Å². The van der Waals surface area contributed by atoms with Gasteiger partial charge < -0.3 is 28.8 Å². The topological polar surface area (TPSA) is 202 Å². The van der Waals surface area contributed by atoms with Crippen LogP contribution in [0.5, 0.6) is 0 Å². The Labute approximate surface area is 403 Å². The second kappa shape index (κ2) is 17.8. The van der Waals surface area contributed by atoms with E-state index in [0.29, 0.717) is 74.8 Å². The molecule has 3 aliphatic heterocycles. The number of pyridine rings is 2. The molecule has 4 saturated carbocycles. The van der Waals surface area contributed by atoms with Crippen LogP contribution in [0.2, 0.25) is 0 Å². The van der Waals surface area contributed by atoms with E-state index in [-0.39, 0.29) is 67.3 Å². The maximum Gasteiger partial charge on any atom is 0.509 e. The zero-order valence-electron chi connectivity index (χ0n) is 37.8. The Balaban J connectivity index is 0.641. The molecule has 16 nitrogen and oxygen atoms in total. The molecule has 1 atom stereocenters. The van der Waals surface area contributed by atoms with Crippen LogP contribution in [0.15, 0.2) is 71.5 Å². The molecule has 5 heterocycles. The van der Waals surface area contributed by atoms with Crippen molar-refractivity contribution in [1.29, 1.82) is 0 Å². The van der Waals surface area contributed by atoms with Crippen molar-refractivity contribution >= 4 is 84.9 Å². The molecule has 356 valence electrons. The van der Waals surface area contributed by atoms with Crippen molar-refractivity contribution in [1.82, 2.24) is 19.8 Å². The van der Waals surface area contributed by atoms with Crippen LogP contribution in [0.25, 0.3) is 33.1 Å². The molecule has 12 rings (SSSR count). The predicted octanol–water partition coefficient (Wildman–Crippen LogP) is 7.95. The monoisotopic (exact) mass is 971 g/mol. The molecule has 4 bridgehead atoms. The first-order valence-corrected chi connectivity index (χ1v) is 26.0. The van der Waals surface area contributed by atoms with Crippen molar-refractivity contribution in [3.05, 3.63) is 105 Å². The Hall–Kier alpha value is -6.40. The van der Waals surface area contributed by atoms with Gasteiger partial charge in [-0.2, -0.15) is 0 Å². The van der Waals surface area contributed by atoms with Gasteiger partial charge in [0.15, 0.2) is 0 Å². The molecule has 4 amide bonds. The van der Waals surface area contributed by atoms with E-state index in [1.165, 1.54) is 45.8 Å². The number of imide groups is 1. The third-order valence-corrected chi connectivity index (χ3v) is 17.2. The van der Waals surface area contributed by atoms with Crippen LogP contribution in [-0.4, -0.2) is 88.2 Å². The summed E-state index contributed by atoms with van der Waals surface area (Å²) in [6.45, 7) is 1.97. The summed E-state index contributed by atoms with van der Waals surface area (Å²) in [6, 6.07) is 19.7. The summed E-state index contributed by atoms with van der Waals surface area (Å²) in [5.41, 5.74) is 1.76. The van der Waals surface area contributed by atoms with Crippen LogP contribution in [-0.2, 0) is 47.3 Å². The molecule has 0 spiro atoms. The third kappa shape index (κ3) is 7.88. The molecule has 1 unspecified atom stereocenters. The number of nitrogens with one attached hydrogen (secondary N) is 2. The number of anilines is 1. The Morgan fingerprint density at radius 2 is 1.57 bits per heavy atom. The van der Waals surface area contributed by atoms with Crippen molar-refractivity contribution in [2.45, 2.75) is 70.6 Å². The Bertz CT molecular complexity index is 3030. The highest BCUT2D eigenvalue weighted by molar-refractivity contribution is 8.76. The van der Waals surface area contributed by atoms with E-state index in [2.05, 4.69) is 10.6 Å². The van der Waals surface area contributed by atoms with Crippen molar-refractivity contribution in [2.24, 2.45) is 23.2 Å². The maximum absolute atomic E-state index is 13.8. The van der Waals surface area contributed by atoms with Gasteiger partial charge in [0.1, 0.15) is 19.8 Å². The molecular formula is C51H49N5O11S2. The molecular weight excluding hydrogens is 923 g/mol. The number of nitrogens with zero attached hydrogens (tertiary/aromatic N) is 3. The number of carbonyl (C=O) groups is 6. The quantitative estimate of drug-likeness (QED) is 0.0350. The number of hydrogen-bond acceptors (Lipinski definition) is 14. The van der Waals surface area contributed by atoms with Gasteiger partial charge in [0, 0.05) is 68.4 Å². The second-order valence-electron chi connectivity index (χ2n) is 19.0. The second-order valence-corrected chi connectivity index (χ2v) is 21.7. The Morgan fingerprint density at radius 1 is 0.855 bits per heavy atom. The van der Waals surface area contributed by atoms with Gasteiger partial charge in [0.2, 0.25) is 11.5 Å². The van der Waals surface area contributed by atoms with Crippen molar-refractivity contribution in [3.63, 3.8) is 0 Å². The van der Waals surface area contributed by atoms with Gasteiger partial charge in [0.25, 0.3) is 17.4 Å². The minimum atomic E-state index is -1.89. The van der Waals surface area contributed by atoms with Crippen LogP contribution in [0.3, 0.4) is 0 Å². The van der Waals surface area contributed by atoms with E-state index < -0.39 is 35.6 Å². The number of cyclic esters (lactones) is 1. The minimum absolute atomic E-state index is 0.00228. The number of carbonyl (C=O) groups excluding carboxylic acids is 6. The number of hydrogen-bond donors (Lipinski definition) is 2. The number of amides is 4. The fourth-order valence-electron chi connectivity index (χ4n) is 12.2. The van der Waals surface area contributed by atoms with Gasteiger partial charge in [-0.25, -0.2) is 19.4 Å². The average molecular weight is 972 g/mol. The molecule has 0 radical (unpaired) electrons. The van der Waals surface area contributed by atoms with Gasteiger partial charge in [-0.1, -0.05) is 58.8 Å². The van der Waals surface area contributed by atoms with E-state index in [9.17, 15) is 33.6 Å². The molecule has 2 N–H and O–H groups in total. The Kier molecular flexibility index (Phi) is 11.7. The molecule has 0 saturated heterocycles. The van der Waals surface area contributed by atoms with Crippen LogP contribution in [0, 0.1) is 23.2 Å². The number of para-hydroxylation sites is 1. The van der Waals surface area contributed by atoms with Crippen molar-refractivity contribution in [2.75, 3.05) is 43.1 Å². The van der Waals surface area contributed by atoms with E-state index in [1.807, 2.05) is 30.3 Å². The summed E-state index contributed by atoms with van der Waals surface area (Å²) in [7, 11) is 2.76. The lowest BCUT2D eigenvalue weighted by Gasteiger charge is -2.55. The average Bonchev–Trinajstić information content (AvgIpc) is 3.70. The molecule has 5 aromatic rings. The van der Waals surface area contributed by atoms with Gasteiger partial charge in [-0.3, -0.25) is 29.4 Å². The maximum atomic E-state index is 13.8. The molecule has 2 aromatic heterocycles. The number of esters is 1. The van der Waals surface area contributed by atoms with Crippen molar-refractivity contribution in [3.8, 4) is 11.4 Å².